The predicted octanol–water partition coefficient (Wildman–Crippen LogP) is 4.60. The van der Waals surface area contributed by atoms with E-state index < -0.39 is 0 Å². The molecule has 19 heavy (non-hydrogen) atoms. The third-order valence-corrected chi connectivity index (χ3v) is 6.24. The van der Waals surface area contributed by atoms with Crippen molar-refractivity contribution in [3.05, 3.63) is 46.8 Å². The van der Waals surface area contributed by atoms with Gasteiger partial charge in [-0.15, -0.1) is 23.1 Å². The Labute approximate surface area is 121 Å². The van der Waals surface area contributed by atoms with Crippen LogP contribution in [0.5, 0.6) is 0 Å². The fraction of sp³-hybridized carbons (Fsp3) is 0.333. The van der Waals surface area contributed by atoms with Crippen LogP contribution in [-0.4, -0.2) is 6.61 Å². The summed E-state index contributed by atoms with van der Waals surface area (Å²) in [6.45, 7) is 2.79. The summed E-state index contributed by atoms with van der Waals surface area (Å²) in [5, 5.41) is 6.32. The van der Waals surface area contributed by atoms with Gasteiger partial charge in [-0.2, -0.15) is 0 Å². The fourth-order valence-corrected chi connectivity index (χ4v) is 5.74. The van der Waals surface area contributed by atoms with Crippen LogP contribution in [0.4, 0.5) is 5.69 Å². The van der Waals surface area contributed by atoms with E-state index in [2.05, 4.69) is 48.0 Å². The molecule has 3 heterocycles. The minimum Gasteiger partial charge on any atom is -0.353 e. The maximum Gasteiger partial charge on any atom is 0.168 e. The average molecular weight is 289 g/mol. The van der Waals surface area contributed by atoms with Crippen LogP contribution in [0.25, 0.3) is 0 Å². The largest absolute Gasteiger partial charge is 0.353 e. The predicted molar refractivity (Wildman–Crippen MR) is 80.9 cm³/mol. The number of thiophene rings is 1. The van der Waals surface area contributed by atoms with Gasteiger partial charge in [0.2, 0.25) is 0 Å². The van der Waals surface area contributed by atoms with Gasteiger partial charge in [-0.05, 0) is 30.0 Å². The highest BCUT2D eigenvalue weighted by Gasteiger charge is 2.46. The van der Waals surface area contributed by atoms with Crippen molar-refractivity contribution in [3.8, 4) is 0 Å². The van der Waals surface area contributed by atoms with E-state index in [1.165, 1.54) is 21.0 Å². The van der Waals surface area contributed by atoms with E-state index in [4.69, 9.17) is 4.74 Å². The number of thioether (sulfide) groups is 1. The lowest BCUT2D eigenvalue weighted by Crippen LogP contribution is -2.44. The molecule has 2 aliphatic rings. The first-order valence-electron chi connectivity index (χ1n) is 6.58. The molecular formula is C15H15NOS2. The summed E-state index contributed by atoms with van der Waals surface area (Å²) in [6, 6.07) is 10.8. The second kappa shape index (κ2) is 4.27. The highest BCUT2D eigenvalue weighted by molar-refractivity contribution is 8.01. The Balaban J connectivity index is 1.89. The zero-order valence-corrected chi connectivity index (χ0v) is 12.3. The van der Waals surface area contributed by atoms with Gasteiger partial charge in [0.25, 0.3) is 0 Å². The van der Waals surface area contributed by atoms with Crippen LogP contribution in [0.1, 0.15) is 29.7 Å². The van der Waals surface area contributed by atoms with E-state index in [0.29, 0.717) is 5.25 Å². The Morgan fingerprint density at radius 3 is 3.16 bits per heavy atom. The number of nitrogens with one attached hydrogen (secondary N) is 1. The van der Waals surface area contributed by atoms with Gasteiger partial charge in [-0.25, -0.2) is 0 Å². The molecule has 0 unspecified atom stereocenters. The Hall–Kier alpha value is -0.970. The summed E-state index contributed by atoms with van der Waals surface area (Å²) in [6.07, 6.45) is 1.01. The zero-order chi connectivity index (χ0) is 12.9. The zero-order valence-electron chi connectivity index (χ0n) is 10.7. The SMILES string of the molecule is CCO[C@]12C[C@H](Sc3sccc31)c1ccccc1N2. The summed E-state index contributed by atoms with van der Waals surface area (Å²) in [7, 11) is 0. The van der Waals surface area contributed by atoms with Gasteiger partial charge in [0.15, 0.2) is 5.72 Å². The number of benzene rings is 1. The molecule has 1 N–H and O–H groups in total. The number of fused-ring (bicyclic) bond motifs is 6. The Bertz CT molecular complexity index is 624. The van der Waals surface area contributed by atoms with Crippen LogP contribution in [0, 0.1) is 0 Å². The van der Waals surface area contributed by atoms with Crippen molar-refractivity contribution in [2.24, 2.45) is 0 Å². The van der Waals surface area contributed by atoms with Gasteiger partial charge in [0.05, 0.1) is 4.21 Å². The molecular weight excluding hydrogens is 274 g/mol. The number of ether oxygens (including phenoxy) is 1. The third kappa shape index (κ3) is 1.67. The van der Waals surface area contributed by atoms with Crippen LogP contribution in [0.15, 0.2) is 39.9 Å². The Kier molecular flexibility index (Phi) is 2.65. The summed E-state index contributed by atoms with van der Waals surface area (Å²) >= 11 is 3.81. The van der Waals surface area contributed by atoms with Crippen molar-refractivity contribution >= 4 is 28.8 Å². The molecule has 98 valence electrons. The van der Waals surface area contributed by atoms with E-state index >= 15 is 0 Å². The van der Waals surface area contributed by atoms with Crippen molar-refractivity contribution in [2.45, 2.75) is 28.5 Å². The van der Waals surface area contributed by atoms with Crippen LogP contribution >= 0.6 is 23.1 Å². The molecule has 2 nitrogen and oxygen atoms in total. The third-order valence-electron chi connectivity index (χ3n) is 3.82. The summed E-state index contributed by atoms with van der Waals surface area (Å²) in [5.41, 5.74) is 3.61. The van der Waals surface area contributed by atoms with Gasteiger partial charge in [-0.3, -0.25) is 0 Å². The second-order valence-electron chi connectivity index (χ2n) is 4.90. The Morgan fingerprint density at radius 2 is 2.26 bits per heavy atom. The first-order valence-corrected chi connectivity index (χ1v) is 8.34. The average Bonchev–Trinajstić information content (AvgIpc) is 2.88. The molecule has 0 amide bonds. The molecule has 2 aliphatic heterocycles. The van der Waals surface area contributed by atoms with Crippen molar-refractivity contribution in [2.75, 3.05) is 11.9 Å². The van der Waals surface area contributed by atoms with Gasteiger partial charge < -0.3 is 10.1 Å². The second-order valence-corrected chi connectivity index (χ2v) is 7.29. The summed E-state index contributed by atoms with van der Waals surface area (Å²) < 4.78 is 7.56. The topological polar surface area (TPSA) is 21.3 Å². The fourth-order valence-electron chi connectivity index (χ4n) is 3.05. The highest BCUT2D eigenvalue weighted by Crippen LogP contribution is 2.58. The molecule has 4 rings (SSSR count). The molecule has 0 saturated carbocycles. The number of hydrogen-bond donors (Lipinski definition) is 1. The molecule has 0 radical (unpaired) electrons. The maximum absolute atomic E-state index is 6.17. The molecule has 2 bridgehead atoms. The minimum atomic E-state index is -0.325. The minimum absolute atomic E-state index is 0.325. The molecule has 1 aromatic carbocycles. The molecule has 2 atom stereocenters. The van der Waals surface area contributed by atoms with Gasteiger partial charge >= 0.3 is 0 Å². The molecule has 0 saturated heterocycles. The van der Waals surface area contributed by atoms with E-state index in [9.17, 15) is 0 Å². The first kappa shape index (κ1) is 11.8. The quantitative estimate of drug-likeness (QED) is 0.873. The van der Waals surface area contributed by atoms with Gasteiger partial charge in [0, 0.05) is 29.5 Å². The lowest BCUT2D eigenvalue weighted by Gasteiger charge is -2.46. The maximum atomic E-state index is 6.17. The lowest BCUT2D eigenvalue weighted by atomic mass is 9.90. The molecule has 4 heteroatoms. The molecule has 0 aliphatic carbocycles. The molecule has 0 spiro atoms. The van der Waals surface area contributed by atoms with Crippen molar-refractivity contribution in [1.29, 1.82) is 0 Å². The number of rotatable bonds is 2. The summed E-state index contributed by atoms with van der Waals surface area (Å²) in [4.78, 5) is 0. The molecule has 0 fully saturated rings. The van der Waals surface area contributed by atoms with E-state index in [0.717, 1.165) is 13.0 Å². The number of hydrogen-bond acceptors (Lipinski definition) is 4. The standard InChI is InChI=1S/C15H15NOS2/c1-2-17-15-9-13(19-14-11(15)7-8-18-14)10-5-3-4-6-12(10)16-15/h3-8,13,16H,2,9H2,1H3/t13-,15+/m0/s1. The Morgan fingerprint density at radius 1 is 1.37 bits per heavy atom. The van der Waals surface area contributed by atoms with Crippen molar-refractivity contribution in [1.82, 2.24) is 0 Å². The van der Waals surface area contributed by atoms with Crippen LogP contribution in [0.2, 0.25) is 0 Å². The van der Waals surface area contributed by atoms with E-state index in [1.54, 1.807) is 0 Å². The summed E-state index contributed by atoms with van der Waals surface area (Å²) in [5.74, 6) is 0. The van der Waals surface area contributed by atoms with E-state index in [1.807, 2.05) is 23.1 Å². The normalized spacial score (nSPS) is 27.3. The van der Waals surface area contributed by atoms with Crippen molar-refractivity contribution < 1.29 is 4.74 Å². The van der Waals surface area contributed by atoms with Gasteiger partial charge in [-0.1, -0.05) is 18.2 Å². The first-order chi connectivity index (χ1) is 9.32. The number of anilines is 1. The lowest BCUT2D eigenvalue weighted by molar-refractivity contribution is -0.0339. The van der Waals surface area contributed by atoms with Crippen molar-refractivity contribution in [3.63, 3.8) is 0 Å². The van der Waals surface area contributed by atoms with Crippen LogP contribution < -0.4 is 5.32 Å². The molecule has 2 aromatic rings. The monoisotopic (exact) mass is 289 g/mol. The van der Waals surface area contributed by atoms with Crippen LogP contribution in [0.3, 0.4) is 0 Å². The van der Waals surface area contributed by atoms with Crippen LogP contribution in [-0.2, 0) is 10.5 Å². The highest BCUT2D eigenvalue weighted by atomic mass is 32.2. The molecule has 1 aromatic heterocycles. The number of para-hydroxylation sites is 1. The van der Waals surface area contributed by atoms with E-state index in [-0.39, 0.29) is 5.72 Å². The van der Waals surface area contributed by atoms with Gasteiger partial charge in [0.1, 0.15) is 0 Å². The smallest absolute Gasteiger partial charge is 0.168 e.